The Morgan fingerprint density at radius 3 is 2.65 bits per heavy atom. The van der Waals surface area contributed by atoms with Crippen molar-refractivity contribution < 1.29 is 0 Å². The number of rotatable bonds is 5. The van der Waals surface area contributed by atoms with Crippen LogP contribution in [-0.2, 0) is 13.0 Å². The summed E-state index contributed by atoms with van der Waals surface area (Å²) in [6.07, 6.45) is 7.82. The van der Waals surface area contributed by atoms with E-state index in [1.165, 1.54) is 25.7 Å². The molecule has 0 radical (unpaired) electrons. The van der Waals surface area contributed by atoms with Crippen LogP contribution in [0.1, 0.15) is 59.2 Å². The van der Waals surface area contributed by atoms with Crippen LogP contribution in [0.25, 0.3) is 0 Å². The lowest BCUT2D eigenvalue weighted by molar-refractivity contribution is 0.489. The van der Waals surface area contributed by atoms with Crippen LogP contribution in [0, 0.1) is 0 Å². The van der Waals surface area contributed by atoms with Crippen molar-refractivity contribution in [3.8, 4) is 0 Å². The minimum atomic E-state index is 0. The number of nitrogens with zero attached hydrogens (tertiary/aromatic N) is 4. The third kappa shape index (κ3) is 7.05. The molecule has 0 spiro atoms. The van der Waals surface area contributed by atoms with Crippen molar-refractivity contribution in [3.63, 3.8) is 0 Å². The molecule has 1 heterocycles. The van der Waals surface area contributed by atoms with Crippen molar-refractivity contribution >= 4 is 29.9 Å². The standard InChI is InChI=1S/C16H30N6.HI/c1-5-14-21-18-12-22(14)11-10-17-15(20-16(2,3)4)19-13-8-6-7-9-13;/h12-13H,5-11H2,1-4H3,(H2,17,19,20);1H. The zero-order chi connectivity index (χ0) is 16.0. The highest BCUT2D eigenvalue weighted by Gasteiger charge is 2.19. The van der Waals surface area contributed by atoms with Gasteiger partial charge in [0.25, 0.3) is 0 Å². The van der Waals surface area contributed by atoms with Gasteiger partial charge in [0.05, 0.1) is 6.54 Å². The Kier molecular flexibility index (Phi) is 8.28. The second-order valence-electron chi connectivity index (χ2n) is 7.03. The van der Waals surface area contributed by atoms with Gasteiger partial charge in [-0.25, -0.2) is 0 Å². The summed E-state index contributed by atoms with van der Waals surface area (Å²) >= 11 is 0. The Labute approximate surface area is 157 Å². The molecule has 0 saturated heterocycles. The lowest BCUT2D eigenvalue weighted by Crippen LogP contribution is -2.50. The molecule has 1 saturated carbocycles. The molecule has 1 fully saturated rings. The Morgan fingerprint density at radius 2 is 2.04 bits per heavy atom. The van der Waals surface area contributed by atoms with E-state index in [0.29, 0.717) is 6.04 Å². The van der Waals surface area contributed by atoms with Gasteiger partial charge in [-0.2, -0.15) is 0 Å². The highest BCUT2D eigenvalue weighted by molar-refractivity contribution is 14.0. The molecule has 23 heavy (non-hydrogen) atoms. The fourth-order valence-electron chi connectivity index (χ4n) is 2.75. The topological polar surface area (TPSA) is 67.1 Å². The fourth-order valence-corrected chi connectivity index (χ4v) is 2.75. The second-order valence-corrected chi connectivity index (χ2v) is 7.03. The van der Waals surface area contributed by atoms with Crippen LogP contribution in [0.4, 0.5) is 0 Å². The molecule has 1 aromatic heterocycles. The van der Waals surface area contributed by atoms with Crippen LogP contribution in [0.15, 0.2) is 11.3 Å². The van der Waals surface area contributed by atoms with Crippen molar-refractivity contribution in [1.82, 2.24) is 25.4 Å². The van der Waals surface area contributed by atoms with Gasteiger partial charge in [0.15, 0.2) is 5.96 Å². The smallest absolute Gasteiger partial charge is 0.191 e. The van der Waals surface area contributed by atoms with Crippen LogP contribution >= 0.6 is 24.0 Å². The van der Waals surface area contributed by atoms with Crippen molar-refractivity contribution in [2.24, 2.45) is 4.99 Å². The molecule has 0 aromatic carbocycles. The average molecular weight is 434 g/mol. The molecule has 7 heteroatoms. The number of aromatic nitrogens is 3. The summed E-state index contributed by atoms with van der Waals surface area (Å²) in [4.78, 5) is 4.74. The third-order valence-corrected chi connectivity index (χ3v) is 3.81. The van der Waals surface area contributed by atoms with Gasteiger partial charge in [0, 0.05) is 24.5 Å². The number of nitrogens with one attached hydrogen (secondary N) is 2. The van der Waals surface area contributed by atoms with Crippen molar-refractivity contribution in [2.75, 3.05) is 6.54 Å². The van der Waals surface area contributed by atoms with Gasteiger partial charge in [-0.15, -0.1) is 34.2 Å². The maximum Gasteiger partial charge on any atom is 0.191 e. The first kappa shape index (κ1) is 20.2. The quantitative estimate of drug-likeness (QED) is 0.425. The first-order chi connectivity index (χ1) is 10.5. The SMILES string of the molecule is CCc1nncn1CCN=C(NC1CCCC1)NC(C)(C)C.I. The summed E-state index contributed by atoms with van der Waals surface area (Å²) in [5.74, 6) is 1.94. The molecule has 0 unspecified atom stereocenters. The molecule has 2 rings (SSSR count). The minimum absolute atomic E-state index is 0. The predicted molar refractivity (Wildman–Crippen MR) is 105 cm³/mol. The van der Waals surface area contributed by atoms with Gasteiger partial charge in [-0.05, 0) is 33.6 Å². The zero-order valence-corrected chi connectivity index (χ0v) is 17.1. The highest BCUT2D eigenvalue weighted by atomic mass is 127. The molecule has 1 aromatic rings. The van der Waals surface area contributed by atoms with Gasteiger partial charge >= 0.3 is 0 Å². The molecule has 1 aliphatic carbocycles. The van der Waals surface area contributed by atoms with E-state index in [1.54, 1.807) is 6.33 Å². The normalized spacial score (nSPS) is 16.3. The van der Waals surface area contributed by atoms with E-state index in [0.717, 1.165) is 31.3 Å². The van der Waals surface area contributed by atoms with Gasteiger partial charge in [0.1, 0.15) is 12.2 Å². The van der Waals surface area contributed by atoms with Gasteiger partial charge in [-0.1, -0.05) is 19.8 Å². The summed E-state index contributed by atoms with van der Waals surface area (Å²) in [5, 5.41) is 15.1. The molecule has 2 N–H and O–H groups in total. The molecule has 1 aliphatic rings. The number of hydrogen-bond acceptors (Lipinski definition) is 3. The monoisotopic (exact) mass is 434 g/mol. The highest BCUT2D eigenvalue weighted by Crippen LogP contribution is 2.17. The van der Waals surface area contributed by atoms with E-state index < -0.39 is 0 Å². The lowest BCUT2D eigenvalue weighted by atomic mass is 10.1. The molecule has 132 valence electrons. The number of guanidine groups is 1. The van der Waals surface area contributed by atoms with E-state index in [-0.39, 0.29) is 29.5 Å². The molecule has 0 bridgehead atoms. The number of hydrogen-bond donors (Lipinski definition) is 2. The number of halogens is 1. The van der Waals surface area contributed by atoms with E-state index in [2.05, 4.69) is 53.1 Å². The van der Waals surface area contributed by atoms with Crippen molar-refractivity contribution in [2.45, 2.75) is 77.9 Å². The van der Waals surface area contributed by atoms with Crippen molar-refractivity contribution in [3.05, 3.63) is 12.2 Å². The summed E-state index contributed by atoms with van der Waals surface area (Å²) in [6.45, 7) is 10.1. The van der Waals surface area contributed by atoms with Crippen LogP contribution in [-0.4, -0.2) is 38.8 Å². The fraction of sp³-hybridized carbons (Fsp3) is 0.812. The van der Waals surface area contributed by atoms with E-state index >= 15 is 0 Å². The van der Waals surface area contributed by atoms with Crippen LogP contribution < -0.4 is 10.6 Å². The summed E-state index contributed by atoms with van der Waals surface area (Å²) in [6, 6.07) is 0.565. The first-order valence-electron chi connectivity index (χ1n) is 8.44. The molecular weight excluding hydrogens is 403 g/mol. The predicted octanol–water partition coefficient (Wildman–Crippen LogP) is 2.73. The molecule has 0 atom stereocenters. The number of aliphatic imine (C=N–C) groups is 1. The van der Waals surface area contributed by atoms with E-state index in [1.807, 2.05) is 0 Å². The van der Waals surface area contributed by atoms with E-state index in [4.69, 9.17) is 4.99 Å². The summed E-state index contributed by atoms with van der Waals surface area (Å²) < 4.78 is 2.08. The van der Waals surface area contributed by atoms with Crippen LogP contribution in [0.3, 0.4) is 0 Å². The van der Waals surface area contributed by atoms with Crippen molar-refractivity contribution in [1.29, 1.82) is 0 Å². The van der Waals surface area contributed by atoms with E-state index in [9.17, 15) is 0 Å². The zero-order valence-electron chi connectivity index (χ0n) is 14.8. The lowest BCUT2D eigenvalue weighted by Gasteiger charge is -2.26. The summed E-state index contributed by atoms with van der Waals surface area (Å²) in [7, 11) is 0. The molecule has 6 nitrogen and oxygen atoms in total. The third-order valence-electron chi connectivity index (χ3n) is 3.81. The first-order valence-corrected chi connectivity index (χ1v) is 8.44. The molecule has 0 aliphatic heterocycles. The average Bonchev–Trinajstić information content (AvgIpc) is 3.07. The van der Waals surface area contributed by atoms with Crippen LogP contribution in [0.5, 0.6) is 0 Å². The Hall–Kier alpha value is -0.860. The maximum absolute atomic E-state index is 4.74. The molecule has 0 amide bonds. The second kappa shape index (κ2) is 9.44. The minimum Gasteiger partial charge on any atom is -0.354 e. The van der Waals surface area contributed by atoms with Crippen LogP contribution in [0.2, 0.25) is 0 Å². The summed E-state index contributed by atoms with van der Waals surface area (Å²) in [5.41, 5.74) is 0.00950. The maximum atomic E-state index is 4.74. The Morgan fingerprint density at radius 1 is 1.35 bits per heavy atom. The van der Waals surface area contributed by atoms with Gasteiger partial charge in [-0.3, -0.25) is 4.99 Å². The number of aryl methyl sites for hydroxylation is 1. The Bertz CT molecular complexity index is 485. The largest absolute Gasteiger partial charge is 0.354 e. The van der Waals surface area contributed by atoms with Gasteiger partial charge < -0.3 is 15.2 Å². The Balaban J connectivity index is 0.00000264. The molecular formula is C16H31IN6. The van der Waals surface area contributed by atoms with Gasteiger partial charge in [0.2, 0.25) is 0 Å².